The Kier molecular flexibility index (Phi) is 4.38. The molecule has 0 fully saturated rings. The van der Waals surface area contributed by atoms with Crippen molar-refractivity contribution in [3.63, 3.8) is 0 Å². The molecule has 6 heteroatoms. The van der Waals surface area contributed by atoms with Crippen molar-refractivity contribution in [2.45, 2.75) is 0 Å². The Morgan fingerprint density at radius 2 is 1.37 bits per heavy atom. The molecule has 0 radical (unpaired) electrons. The molecule has 0 atom stereocenters. The summed E-state index contributed by atoms with van der Waals surface area (Å²) in [4.78, 5) is 0. The number of hydrogen-bond acceptors (Lipinski definition) is 5. The molecule has 0 aliphatic heterocycles. The van der Waals surface area contributed by atoms with Gasteiger partial charge in [0.1, 0.15) is 22.8 Å². The SMILES string of the molecule is COc1ccc(-c2ccc3nnc(-c4c(OC)cccc4OC)n3c2)cc1. The number of hydrogen-bond donors (Lipinski definition) is 0. The van der Waals surface area contributed by atoms with E-state index in [2.05, 4.69) is 10.2 Å². The summed E-state index contributed by atoms with van der Waals surface area (Å²) in [7, 11) is 4.92. The Hall–Kier alpha value is -3.54. The largest absolute Gasteiger partial charge is 0.497 e. The third-order valence-corrected chi connectivity index (χ3v) is 4.48. The number of rotatable bonds is 5. The van der Waals surface area contributed by atoms with Crippen molar-refractivity contribution in [3.05, 3.63) is 60.8 Å². The molecule has 27 heavy (non-hydrogen) atoms. The standard InChI is InChI=1S/C21H19N3O3/c1-25-16-10-7-14(8-11-16)15-9-12-19-22-23-21(24(19)13-15)20-17(26-2)5-4-6-18(20)27-3/h4-13H,1-3H3. The van der Waals surface area contributed by atoms with Crippen LogP contribution in [0.3, 0.4) is 0 Å². The molecule has 0 aliphatic carbocycles. The molecule has 0 amide bonds. The molecule has 0 saturated carbocycles. The maximum Gasteiger partial charge on any atom is 0.175 e. The molecule has 2 aromatic heterocycles. The first-order valence-electron chi connectivity index (χ1n) is 8.45. The average molecular weight is 361 g/mol. The van der Waals surface area contributed by atoms with E-state index >= 15 is 0 Å². The quantitative estimate of drug-likeness (QED) is 0.536. The molecule has 4 rings (SSSR count). The van der Waals surface area contributed by atoms with Gasteiger partial charge in [0.25, 0.3) is 0 Å². The third kappa shape index (κ3) is 2.95. The van der Waals surface area contributed by atoms with Gasteiger partial charge in [-0.25, -0.2) is 0 Å². The summed E-state index contributed by atoms with van der Waals surface area (Å²) in [5.74, 6) is 2.84. The fraction of sp³-hybridized carbons (Fsp3) is 0.143. The molecular formula is C21H19N3O3. The first kappa shape index (κ1) is 16.9. The molecule has 2 heterocycles. The van der Waals surface area contributed by atoms with Gasteiger partial charge >= 0.3 is 0 Å². The number of ether oxygens (including phenoxy) is 3. The maximum atomic E-state index is 5.53. The number of nitrogens with zero attached hydrogens (tertiary/aromatic N) is 3. The van der Waals surface area contributed by atoms with Crippen molar-refractivity contribution < 1.29 is 14.2 Å². The van der Waals surface area contributed by atoms with Gasteiger partial charge in [-0.15, -0.1) is 10.2 Å². The lowest BCUT2D eigenvalue weighted by molar-refractivity contribution is 0.396. The van der Waals surface area contributed by atoms with Crippen molar-refractivity contribution in [2.24, 2.45) is 0 Å². The van der Waals surface area contributed by atoms with Gasteiger partial charge in [-0.1, -0.05) is 18.2 Å². The van der Waals surface area contributed by atoms with E-state index in [0.29, 0.717) is 17.3 Å². The molecule has 4 aromatic rings. The van der Waals surface area contributed by atoms with E-state index < -0.39 is 0 Å². The van der Waals surface area contributed by atoms with Crippen molar-refractivity contribution >= 4 is 5.65 Å². The van der Waals surface area contributed by atoms with Gasteiger partial charge in [-0.05, 0) is 47.5 Å². The number of pyridine rings is 1. The van der Waals surface area contributed by atoms with Gasteiger partial charge in [0.15, 0.2) is 11.5 Å². The van der Waals surface area contributed by atoms with Crippen LogP contribution in [0.5, 0.6) is 17.2 Å². The summed E-state index contributed by atoms with van der Waals surface area (Å²) >= 11 is 0. The fourth-order valence-corrected chi connectivity index (χ4v) is 3.09. The molecule has 0 spiro atoms. The van der Waals surface area contributed by atoms with Crippen LogP contribution in [0.25, 0.3) is 28.2 Å². The highest BCUT2D eigenvalue weighted by Crippen LogP contribution is 2.37. The van der Waals surface area contributed by atoms with Crippen molar-refractivity contribution in [3.8, 4) is 39.8 Å². The summed E-state index contributed by atoms with van der Waals surface area (Å²) < 4.78 is 18.2. The average Bonchev–Trinajstić information content (AvgIpc) is 3.16. The predicted octanol–water partition coefficient (Wildman–Crippen LogP) is 4.09. The summed E-state index contributed by atoms with van der Waals surface area (Å²) in [5, 5.41) is 8.67. The maximum absolute atomic E-state index is 5.53. The highest BCUT2D eigenvalue weighted by atomic mass is 16.5. The van der Waals surface area contributed by atoms with E-state index in [-0.39, 0.29) is 0 Å². The minimum atomic E-state index is 0.662. The highest BCUT2D eigenvalue weighted by molar-refractivity contribution is 5.75. The first-order chi connectivity index (χ1) is 13.2. The minimum Gasteiger partial charge on any atom is -0.497 e. The molecule has 0 saturated heterocycles. The van der Waals surface area contributed by atoms with Crippen LogP contribution in [0.1, 0.15) is 0 Å². The number of aromatic nitrogens is 3. The van der Waals surface area contributed by atoms with Crippen LogP contribution in [0.15, 0.2) is 60.8 Å². The van der Waals surface area contributed by atoms with Gasteiger partial charge in [0, 0.05) is 6.20 Å². The van der Waals surface area contributed by atoms with Crippen LogP contribution in [0.2, 0.25) is 0 Å². The van der Waals surface area contributed by atoms with Crippen LogP contribution >= 0.6 is 0 Å². The lowest BCUT2D eigenvalue weighted by atomic mass is 10.1. The smallest absolute Gasteiger partial charge is 0.175 e. The van der Waals surface area contributed by atoms with E-state index in [4.69, 9.17) is 14.2 Å². The summed E-state index contributed by atoms with van der Waals surface area (Å²) in [6.45, 7) is 0. The van der Waals surface area contributed by atoms with Crippen molar-refractivity contribution in [1.82, 2.24) is 14.6 Å². The Bertz CT molecular complexity index is 1070. The van der Waals surface area contributed by atoms with E-state index in [0.717, 1.165) is 28.1 Å². The number of methoxy groups -OCH3 is 3. The van der Waals surface area contributed by atoms with Crippen molar-refractivity contribution in [2.75, 3.05) is 21.3 Å². The second-order valence-corrected chi connectivity index (χ2v) is 5.94. The van der Waals surface area contributed by atoms with Crippen LogP contribution < -0.4 is 14.2 Å². The summed E-state index contributed by atoms with van der Waals surface area (Å²) in [5.41, 5.74) is 3.63. The topological polar surface area (TPSA) is 57.9 Å². The Balaban J connectivity index is 1.89. The second kappa shape index (κ2) is 6.99. The highest BCUT2D eigenvalue weighted by Gasteiger charge is 2.18. The van der Waals surface area contributed by atoms with E-state index in [1.807, 2.05) is 65.2 Å². The zero-order valence-electron chi connectivity index (χ0n) is 15.3. The van der Waals surface area contributed by atoms with Crippen molar-refractivity contribution in [1.29, 1.82) is 0 Å². The minimum absolute atomic E-state index is 0.662. The monoisotopic (exact) mass is 361 g/mol. The predicted molar refractivity (Wildman–Crippen MR) is 104 cm³/mol. The number of fused-ring (bicyclic) bond motifs is 1. The van der Waals surface area contributed by atoms with Gasteiger partial charge in [0.05, 0.1) is 21.3 Å². The van der Waals surface area contributed by atoms with E-state index in [1.54, 1.807) is 21.3 Å². The third-order valence-electron chi connectivity index (χ3n) is 4.48. The molecule has 0 bridgehead atoms. The molecule has 0 aliphatic rings. The van der Waals surface area contributed by atoms with Gasteiger partial charge in [0.2, 0.25) is 0 Å². The van der Waals surface area contributed by atoms with E-state index in [9.17, 15) is 0 Å². The Morgan fingerprint density at radius 3 is 2.00 bits per heavy atom. The summed E-state index contributed by atoms with van der Waals surface area (Å²) in [6.07, 6.45) is 2.01. The summed E-state index contributed by atoms with van der Waals surface area (Å²) in [6, 6.07) is 17.5. The molecular weight excluding hydrogens is 342 g/mol. The Labute approximate surface area is 157 Å². The zero-order chi connectivity index (χ0) is 18.8. The van der Waals surface area contributed by atoms with Crippen LogP contribution in [-0.2, 0) is 0 Å². The molecule has 6 nitrogen and oxygen atoms in total. The molecule has 2 aromatic carbocycles. The van der Waals surface area contributed by atoms with Crippen LogP contribution in [0.4, 0.5) is 0 Å². The van der Waals surface area contributed by atoms with Crippen LogP contribution in [0, 0.1) is 0 Å². The molecule has 136 valence electrons. The van der Waals surface area contributed by atoms with Gasteiger partial charge < -0.3 is 14.2 Å². The van der Waals surface area contributed by atoms with Gasteiger partial charge in [-0.2, -0.15) is 0 Å². The normalized spacial score (nSPS) is 10.8. The van der Waals surface area contributed by atoms with Crippen LogP contribution in [-0.4, -0.2) is 35.9 Å². The lowest BCUT2D eigenvalue weighted by Gasteiger charge is -2.12. The number of benzene rings is 2. The van der Waals surface area contributed by atoms with E-state index in [1.165, 1.54) is 0 Å². The Morgan fingerprint density at radius 1 is 0.704 bits per heavy atom. The first-order valence-corrected chi connectivity index (χ1v) is 8.45. The molecule has 0 unspecified atom stereocenters. The molecule has 0 N–H and O–H groups in total. The fourth-order valence-electron chi connectivity index (χ4n) is 3.09. The second-order valence-electron chi connectivity index (χ2n) is 5.94. The van der Waals surface area contributed by atoms with Gasteiger partial charge in [-0.3, -0.25) is 4.40 Å². The lowest BCUT2D eigenvalue weighted by Crippen LogP contribution is -1.97. The zero-order valence-corrected chi connectivity index (χ0v) is 15.3.